The summed E-state index contributed by atoms with van der Waals surface area (Å²) in [5, 5.41) is 0. The smallest absolute Gasteiger partial charge is 0.377 e. The molecule has 0 heterocycles. The normalized spacial score (nSPS) is 11.5. The second-order valence-electron chi connectivity index (χ2n) is 3.38. The molecule has 6 heteroatoms. The molecule has 0 unspecified atom stereocenters. The molecule has 0 fully saturated rings. The highest BCUT2D eigenvalue weighted by Gasteiger charge is 2.38. The molecule has 0 aliphatic rings. The number of hydrogen-bond acceptors (Lipinski definition) is 4. The van der Waals surface area contributed by atoms with Gasteiger partial charge >= 0.3 is 8.80 Å². The molecule has 0 atom stereocenters. The highest BCUT2D eigenvalue weighted by atomic mass is 35.5. The first-order valence-corrected chi connectivity index (χ1v) is 7.47. The Balaban J connectivity index is 4.31. The Morgan fingerprint density at radius 2 is 1.94 bits per heavy atom. The molecule has 0 aromatic carbocycles. The van der Waals surface area contributed by atoms with Crippen LogP contribution in [0.4, 0.5) is 0 Å². The van der Waals surface area contributed by atoms with Crippen molar-refractivity contribution in [2.45, 2.75) is 19.4 Å². The van der Waals surface area contributed by atoms with Crippen molar-refractivity contribution < 1.29 is 18.1 Å². The quantitative estimate of drug-likeness (QED) is 0.364. The van der Waals surface area contributed by atoms with Crippen LogP contribution in [0.2, 0.25) is 6.04 Å². The standard InChI is InChI=1S/C10H19ClO4Si/c1-9(2)10(12)8-15-16(13-3,14-4)7-5-6-11/h1,5-8H2,2-4H3. The lowest BCUT2D eigenvalue weighted by molar-refractivity contribution is -0.118. The van der Waals surface area contributed by atoms with Crippen LogP contribution in [0.5, 0.6) is 0 Å². The SMILES string of the molecule is C=C(C)C(=O)CO[Si](CCCCl)(OC)OC. The Bertz CT molecular complexity index is 241. The van der Waals surface area contributed by atoms with Crippen molar-refractivity contribution in [2.75, 3.05) is 26.7 Å². The van der Waals surface area contributed by atoms with Gasteiger partial charge in [-0.25, -0.2) is 0 Å². The molecular formula is C10H19ClO4Si. The van der Waals surface area contributed by atoms with E-state index in [0.29, 0.717) is 17.5 Å². The molecule has 0 bridgehead atoms. The minimum Gasteiger partial charge on any atom is -0.377 e. The zero-order valence-corrected chi connectivity index (χ0v) is 11.8. The van der Waals surface area contributed by atoms with Gasteiger partial charge in [-0.3, -0.25) is 4.79 Å². The maximum absolute atomic E-state index is 11.4. The molecule has 16 heavy (non-hydrogen) atoms. The van der Waals surface area contributed by atoms with Crippen LogP contribution in [0.25, 0.3) is 0 Å². The molecule has 0 aromatic heterocycles. The summed E-state index contributed by atoms with van der Waals surface area (Å²) in [5.41, 5.74) is 0.465. The molecular weight excluding hydrogens is 248 g/mol. The van der Waals surface area contributed by atoms with Crippen LogP contribution in [0, 0.1) is 0 Å². The van der Waals surface area contributed by atoms with Gasteiger partial charge in [0.25, 0.3) is 0 Å². The largest absolute Gasteiger partial charge is 0.500 e. The Hall–Kier alpha value is -0.203. The van der Waals surface area contributed by atoms with Gasteiger partial charge in [0.1, 0.15) is 6.61 Å². The third-order valence-electron chi connectivity index (χ3n) is 2.14. The van der Waals surface area contributed by atoms with Gasteiger partial charge in [0.2, 0.25) is 0 Å². The van der Waals surface area contributed by atoms with Gasteiger partial charge in [0, 0.05) is 26.1 Å². The van der Waals surface area contributed by atoms with Crippen molar-refractivity contribution in [3.8, 4) is 0 Å². The van der Waals surface area contributed by atoms with Crippen LogP contribution in [0.3, 0.4) is 0 Å². The van der Waals surface area contributed by atoms with Crippen LogP contribution in [-0.4, -0.2) is 41.3 Å². The Kier molecular flexibility index (Phi) is 7.87. The molecule has 0 aromatic rings. The lowest BCUT2D eigenvalue weighted by Gasteiger charge is -2.25. The Morgan fingerprint density at radius 3 is 2.31 bits per heavy atom. The molecule has 0 aliphatic carbocycles. The number of halogens is 1. The predicted molar refractivity (Wildman–Crippen MR) is 65.7 cm³/mol. The molecule has 0 radical (unpaired) electrons. The van der Waals surface area contributed by atoms with E-state index in [1.54, 1.807) is 6.92 Å². The van der Waals surface area contributed by atoms with Crippen molar-refractivity contribution in [1.82, 2.24) is 0 Å². The first-order chi connectivity index (χ1) is 7.51. The molecule has 0 saturated carbocycles. The number of rotatable bonds is 9. The summed E-state index contributed by atoms with van der Waals surface area (Å²) < 4.78 is 16.0. The van der Waals surface area contributed by atoms with Gasteiger partial charge in [0.15, 0.2) is 5.78 Å². The van der Waals surface area contributed by atoms with E-state index in [2.05, 4.69) is 6.58 Å². The van der Waals surface area contributed by atoms with Crippen molar-refractivity contribution in [2.24, 2.45) is 0 Å². The van der Waals surface area contributed by atoms with Gasteiger partial charge in [-0.1, -0.05) is 6.58 Å². The average Bonchev–Trinajstić information content (AvgIpc) is 2.29. The van der Waals surface area contributed by atoms with Crippen LogP contribution in [0.15, 0.2) is 12.2 Å². The van der Waals surface area contributed by atoms with Crippen LogP contribution < -0.4 is 0 Å². The minimum absolute atomic E-state index is 0.0501. The van der Waals surface area contributed by atoms with Crippen LogP contribution in [0.1, 0.15) is 13.3 Å². The molecule has 0 rings (SSSR count). The van der Waals surface area contributed by atoms with Crippen LogP contribution in [-0.2, 0) is 18.1 Å². The van der Waals surface area contributed by atoms with Crippen LogP contribution >= 0.6 is 11.6 Å². The maximum Gasteiger partial charge on any atom is 0.500 e. The summed E-state index contributed by atoms with van der Waals surface area (Å²) in [6, 6.07) is 0.604. The molecule has 4 nitrogen and oxygen atoms in total. The molecule has 0 amide bonds. The number of ketones is 1. The predicted octanol–water partition coefficient (Wildman–Crippen LogP) is 2.01. The first-order valence-electron chi connectivity index (χ1n) is 5.00. The van der Waals surface area contributed by atoms with E-state index >= 15 is 0 Å². The number of carbonyl (C=O) groups excluding carboxylic acids is 1. The second kappa shape index (κ2) is 7.97. The number of carbonyl (C=O) groups is 1. The number of hydrogen-bond donors (Lipinski definition) is 0. The summed E-state index contributed by atoms with van der Waals surface area (Å²) in [4.78, 5) is 11.4. The van der Waals surface area contributed by atoms with E-state index in [-0.39, 0.29) is 12.4 Å². The number of Topliss-reactive ketones (excluding diaryl/α,β-unsaturated/α-hetero) is 1. The third-order valence-corrected chi connectivity index (χ3v) is 5.20. The van der Waals surface area contributed by atoms with Crippen molar-refractivity contribution in [3.05, 3.63) is 12.2 Å². The fourth-order valence-corrected chi connectivity index (χ4v) is 3.33. The van der Waals surface area contributed by atoms with E-state index in [9.17, 15) is 4.79 Å². The fraction of sp³-hybridized carbons (Fsp3) is 0.700. The highest BCUT2D eigenvalue weighted by Crippen LogP contribution is 2.16. The van der Waals surface area contributed by atoms with Crippen molar-refractivity contribution in [3.63, 3.8) is 0 Å². The molecule has 0 spiro atoms. The third kappa shape index (κ3) is 5.22. The van der Waals surface area contributed by atoms with E-state index in [1.165, 1.54) is 14.2 Å². The summed E-state index contributed by atoms with van der Waals surface area (Å²) in [5.74, 6) is 0.371. The monoisotopic (exact) mass is 266 g/mol. The zero-order valence-electron chi connectivity index (χ0n) is 10.0. The minimum atomic E-state index is -2.72. The lowest BCUT2D eigenvalue weighted by atomic mass is 10.2. The van der Waals surface area contributed by atoms with Gasteiger partial charge in [0.05, 0.1) is 0 Å². The number of alkyl halides is 1. The van der Waals surface area contributed by atoms with E-state index in [0.717, 1.165) is 6.42 Å². The summed E-state index contributed by atoms with van der Waals surface area (Å²) in [7, 11) is 0.327. The topological polar surface area (TPSA) is 44.8 Å². The van der Waals surface area contributed by atoms with E-state index in [1.807, 2.05) is 0 Å². The average molecular weight is 267 g/mol. The summed E-state index contributed by atoms with van der Waals surface area (Å²) in [6.45, 7) is 5.15. The second-order valence-corrected chi connectivity index (χ2v) is 6.73. The Labute approximate surface area is 103 Å². The van der Waals surface area contributed by atoms with Gasteiger partial charge in [-0.15, -0.1) is 11.6 Å². The summed E-state index contributed by atoms with van der Waals surface area (Å²) >= 11 is 5.61. The van der Waals surface area contributed by atoms with Gasteiger partial charge in [-0.05, 0) is 18.9 Å². The highest BCUT2D eigenvalue weighted by molar-refractivity contribution is 6.60. The van der Waals surface area contributed by atoms with Crippen molar-refractivity contribution >= 4 is 26.2 Å². The van der Waals surface area contributed by atoms with E-state index in [4.69, 9.17) is 24.9 Å². The van der Waals surface area contributed by atoms with Gasteiger partial charge < -0.3 is 13.3 Å². The first kappa shape index (κ1) is 15.8. The van der Waals surface area contributed by atoms with Gasteiger partial charge in [-0.2, -0.15) is 0 Å². The zero-order chi connectivity index (χ0) is 12.6. The lowest BCUT2D eigenvalue weighted by Crippen LogP contribution is -2.45. The molecule has 0 aliphatic heterocycles. The van der Waals surface area contributed by atoms with Crippen molar-refractivity contribution in [1.29, 1.82) is 0 Å². The maximum atomic E-state index is 11.4. The molecule has 94 valence electrons. The Morgan fingerprint density at radius 1 is 1.38 bits per heavy atom. The fourth-order valence-electron chi connectivity index (χ4n) is 1.06. The molecule has 0 saturated heterocycles. The molecule has 0 N–H and O–H groups in total. The van der Waals surface area contributed by atoms with E-state index < -0.39 is 8.80 Å². The summed E-state index contributed by atoms with van der Waals surface area (Å²) in [6.07, 6.45) is 0.733.